The Labute approximate surface area is 112 Å². The molecule has 19 heavy (non-hydrogen) atoms. The lowest BCUT2D eigenvalue weighted by Gasteiger charge is -2.11. The fourth-order valence-electron chi connectivity index (χ4n) is 1.24. The largest absolute Gasteiger partial charge is 0.493 e. The van der Waals surface area contributed by atoms with Gasteiger partial charge in [0.25, 0.3) is 5.91 Å². The van der Waals surface area contributed by atoms with Crippen molar-refractivity contribution < 1.29 is 19.1 Å². The number of carbonyl (C=O) groups is 2. The smallest absolute Gasteiger partial charge is 0.338 e. The van der Waals surface area contributed by atoms with Gasteiger partial charge in [0.15, 0.2) is 6.10 Å². The molecule has 0 spiro atoms. The topological polar surface area (TPSA) is 78.6 Å². The van der Waals surface area contributed by atoms with Crippen molar-refractivity contribution in [3.63, 3.8) is 0 Å². The maximum atomic E-state index is 11.7. The number of hydrogen-bond acceptors (Lipinski definition) is 4. The monoisotopic (exact) mass is 265 g/mol. The molecule has 1 atom stereocenters. The first-order chi connectivity index (χ1) is 8.90. The Morgan fingerprint density at radius 2 is 1.74 bits per heavy atom. The number of hydrogen-bond donors (Lipinski definition) is 1. The zero-order valence-corrected chi connectivity index (χ0v) is 11.4. The summed E-state index contributed by atoms with van der Waals surface area (Å²) in [4.78, 5) is 22.5. The lowest BCUT2D eigenvalue weighted by Crippen LogP contribution is -2.30. The molecule has 0 bridgehead atoms. The van der Waals surface area contributed by atoms with E-state index in [1.54, 1.807) is 24.3 Å². The number of carbonyl (C=O) groups excluding carboxylic acids is 2. The Bertz CT molecular complexity index is 439. The van der Waals surface area contributed by atoms with Gasteiger partial charge < -0.3 is 15.2 Å². The van der Waals surface area contributed by atoms with Crippen LogP contribution in [-0.4, -0.2) is 24.6 Å². The first-order valence-electron chi connectivity index (χ1n) is 6.13. The van der Waals surface area contributed by atoms with Crippen molar-refractivity contribution in [2.45, 2.75) is 26.9 Å². The third-order valence-electron chi connectivity index (χ3n) is 2.36. The van der Waals surface area contributed by atoms with Crippen molar-refractivity contribution >= 4 is 11.9 Å². The van der Waals surface area contributed by atoms with Gasteiger partial charge in [-0.25, -0.2) is 4.79 Å². The van der Waals surface area contributed by atoms with E-state index in [4.69, 9.17) is 15.2 Å². The van der Waals surface area contributed by atoms with Crippen molar-refractivity contribution in [3.8, 4) is 5.75 Å². The molecule has 1 amide bonds. The van der Waals surface area contributed by atoms with E-state index in [9.17, 15) is 9.59 Å². The minimum Gasteiger partial charge on any atom is -0.493 e. The minimum absolute atomic E-state index is 0.352. The number of primary amides is 1. The molecule has 0 radical (unpaired) electrons. The number of esters is 1. The van der Waals surface area contributed by atoms with Gasteiger partial charge in [0, 0.05) is 0 Å². The quantitative estimate of drug-likeness (QED) is 0.795. The number of amides is 1. The van der Waals surface area contributed by atoms with Crippen LogP contribution in [0.15, 0.2) is 24.3 Å². The first-order valence-corrected chi connectivity index (χ1v) is 6.13. The van der Waals surface area contributed by atoms with Crippen LogP contribution in [0.4, 0.5) is 0 Å². The van der Waals surface area contributed by atoms with Crippen LogP contribution in [0.3, 0.4) is 0 Å². The normalized spacial score (nSPS) is 12.0. The highest BCUT2D eigenvalue weighted by molar-refractivity contribution is 5.92. The predicted octanol–water partition coefficient (Wildman–Crippen LogP) is 1.75. The fourth-order valence-corrected chi connectivity index (χ4v) is 1.24. The molecule has 0 unspecified atom stereocenters. The average Bonchev–Trinajstić information content (AvgIpc) is 2.36. The summed E-state index contributed by atoms with van der Waals surface area (Å²) in [5.41, 5.74) is 5.37. The van der Waals surface area contributed by atoms with Gasteiger partial charge in [0.2, 0.25) is 0 Å². The van der Waals surface area contributed by atoms with E-state index >= 15 is 0 Å². The molecule has 0 heterocycles. The Morgan fingerprint density at radius 1 is 1.16 bits per heavy atom. The van der Waals surface area contributed by atoms with Crippen LogP contribution in [-0.2, 0) is 9.53 Å². The third-order valence-corrected chi connectivity index (χ3v) is 2.36. The molecule has 1 rings (SSSR count). The highest BCUT2D eigenvalue weighted by Gasteiger charge is 2.15. The molecule has 0 aliphatic rings. The first kappa shape index (κ1) is 15.0. The molecule has 0 aliphatic heterocycles. The van der Waals surface area contributed by atoms with Gasteiger partial charge in [-0.1, -0.05) is 13.8 Å². The van der Waals surface area contributed by atoms with Crippen LogP contribution in [0.25, 0.3) is 0 Å². The zero-order valence-electron chi connectivity index (χ0n) is 11.4. The molecule has 0 saturated heterocycles. The van der Waals surface area contributed by atoms with E-state index in [0.717, 1.165) is 0 Å². The Balaban J connectivity index is 2.60. The summed E-state index contributed by atoms with van der Waals surface area (Å²) in [5.74, 6) is -0.138. The Kier molecular flexibility index (Phi) is 5.36. The summed E-state index contributed by atoms with van der Waals surface area (Å²) >= 11 is 0. The predicted molar refractivity (Wildman–Crippen MR) is 70.8 cm³/mol. The Hall–Kier alpha value is -2.04. The summed E-state index contributed by atoms with van der Waals surface area (Å²) in [6.07, 6.45) is -0.940. The van der Waals surface area contributed by atoms with Crippen molar-refractivity contribution in [1.29, 1.82) is 0 Å². The van der Waals surface area contributed by atoms with Crippen LogP contribution in [0.1, 0.15) is 31.1 Å². The van der Waals surface area contributed by atoms with E-state index in [1.165, 1.54) is 6.92 Å². The van der Waals surface area contributed by atoms with Crippen molar-refractivity contribution in [3.05, 3.63) is 29.8 Å². The van der Waals surface area contributed by atoms with E-state index < -0.39 is 18.0 Å². The summed E-state index contributed by atoms with van der Waals surface area (Å²) in [7, 11) is 0. The molecular formula is C14H19NO4. The minimum atomic E-state index is -0.940. The molecule has 5 nitrogen and oxygen atoms in total. The fraction of sp³-hybridized carbons (Fsp3) is 0.429. The van der Waals surface area contributed by atoms with Gasteiger partial charge in [0.1, 0.15) is 5.75 Å². The summed E-state index contributed by atoms with van der Waals surface area (Å²) in [6, 6.07) is 6.55. The van der Waals surface area contributed by atoms with Gasteiger partial charge in [-0.3, -0.25) is 4.79 Å². The summed E-state index contributed by atoms with van der Waals surface area (Å²) in [5, 5.41) is 0. The molecule has 5 heteroatoms. The van der Waals surface area contributed by atoms with Crippen LogP contribution in [0.5, 0.6) is 5.75 Å². The van der Waals surface area contributed by atoms with Gasteiger partial charge in [-0.05, 0) is 37.1 Å². The highest BCUT2D eigenvalue weighted by atomic mass is 16.5. The van der Waals surface area contributed by atoms with Crippen molar-refractivity contribution in [2.75, 3.05) is 6.61 Å². The number of rotatable bonds is 6. The number of benzene rings is 1. The standard InChI is InChI=1S/C14H19NO4/c1-9(2)8-18-12-6-4-11(5-7-12)14(17)19-10(3)13(15)16/h4-7,9-10H,8H2,1-3H3,(H2,15,16)/t10-/m0/s1. The number of ether oxygens (including phenoxy) is 2. The summed E-state index contributed by atoms with van der Waals surface area (Å²) in [6.45, 7) is 6.15. The molecule has 1 aromatic carbocycles. The number of nitrogens with two attached hydrogens (primary N) is 1. The van der Waals surface area contributed by atoms with Crippen molar-refractivity contribution in [2.24, 2.45) is 11.7 Å². The lowest BCUT2D eigenvalue weighted by molar-refractivity contribution is -0.125. The van der Waals surface area contributed by atoms with E-state index in [0.29, 0.717) is 23.8 Å². The molecule has 2 N–H and O–H groups in total. The van der Waals surface area contributed by atoms with E-state index in [-0.39, 0.29) is 0 Å². The summed E-state index contributed by atoms with van der Waals surface area (Å²) < 4.78 is 10.4. The average molecular weight is 265 g/mol. The molecule has 0 fully saturated rings. The molecular weight excluding hydrogens is 246 g/mol. The maximum absolute atomic E-state index is 11.7. The van der Waals surface area contributed by atoms with Crippen LogP contribution >= 0.6 is 0 Å². The second-order valence-electron chi connectivity index (χ2n) is 4.68. The second-order valence-corrected chi connectivity index (χ2v) is 4.68. The van der Waals surface area contributed by atoms with Gasteiger partial charge in [-0.15, -0.1) is 0 Å². The van der Waals surface area contributed by atoms with Gasteiger partial charge >= 0.3 is 5.97 Å². The van der Waals surface area contributed by atoms with Crippen LogP contribution in [0.2, 0.25) is 0 Å². The highest BCUT2D eigenvalue weighted by Crippen LogP contribution is 2.14. The van der Waals surface area contributed by atoms with Gasteiger partial charge in [0.05, 0.1) is 12.2 Å². The lowest BCUT2D eigenvalue weighted by atomic mass is 10.2. The third kappa shape index (κ3) is 4.99. The molecule has 0 aromatic heterocycles. The molecule has 1 aromatic rings. The van der Waals surface area contributed by atoms with Gasteiger partial charge in [-0.2, -0.15) is 0 Å². The van der Waals surface area contributed by atoms with Crippen molar-refractivity contribution in [1.82, 2.24) is 0 Å². The van der Waals surface area contributed by atoms with E-state index in [1.807, 2.05) is 0 Å². The maximum Gasteiger partial charge on any atom is 0.338 e. The molecule has 0 saturated carbocycles. The second kappa shape index (κ2) is 6.78. The zero-order chi connectivity index (χ0) is 14.4. The Morgan fingerprint density at radius 3 is 2.21 bits per heavy atom. The van der Waals surface area contributed by atoms with E-state index in [2.05, 4.69) is 13.8 Å². The van der Waals surface area contributed by atoms with Crippen LogP contribution < -0.4 is 10.5 Å². The molecule has 0 aliphatic carbocycles. The SMILES string of the molecule is CC(C)COc1ccc(C(=O)O[C@@H](C)C(N)=O)cc1. The van der Waals surface area contributed by atoms with Crippen LogP contribution in [0, 0.1) is 5.92 Å². The molecule has 104 valence electrons.